The topological polar surface area (TPSA) is 46.3 Å². The van der Waals surface area contributed by atoms with Crippen molar-refractivity contribution in [3.05, 3.63) is 11.8 Å². The van der Waals surface area contributed by atoms with Gasteiger partial charge in [0.2, 0.25) is 0 Å². The summed E-state index contributed by atoms with van der Waals surface area (Å²) in [5.74, 6) is 0.0255. The Kier molecular flexibility index (Phi) is 4.34. The lowest BCUT2D eigenvalue weighted by Crippen LogP contribution is -2.31. The third-order valence-corrected chi connectivity index (χ3v) is 1.64. The molecule has 1 amide bonds. The third-order valence-electron chi connectivity index (χ3n) is 1.64. The van der Waals surface area contributed by atoms with E-state index in [1.807, 2.05) is 13.8 Å². The van der Waals surface area contributed by atoms with Crippen LogP contribution in [0.3, 0.4) is 0 Å². The van der Waals surface area contributed by atoms with E-state index in [0.29, 0.717) is 5.57 Å². The molecule has 0 aliphatic rings. The van der Waals surface area contributed by atoms with Gasteiger partial charge in [-0.1, -0.05) is 0 Å². The second kappa shape index (κ2) is 4.77. The van der Waals surface area contributed by atoms with Crippen LogP contribution < -0.4 is 5.73 Å². The molecule has 0 spiro atoms. The average Bonchev–Trinajstić information content (AvgIpc) is 2.05. The first kappa shape index (κ1) is 10.0. The number of hydrogen-bond donors (Lipinski definition) is 1. The van der Waals surface area contributed by atoms with Crippen molar-refractivity contribution in [2.75, 3.05) is 13.1 Å². The molecule has 0 aliphatic carbocycles. The van der Waals surface area contributed by atoms with E-state index in [1.54, 1.807) is 11.8 Å². The van der Waals surface area contributed by atoms with Crippen LogP contribution in [-0.2, 0) is 4.79 Å². The first-order chi connectivity index (χ1) is 5.17. The van der Waals surface area contributed by atoms with Gasteiger partial charge in [0, 0.05) is 24.9 Å². The van der Waals surface area contributed by atoms with E-state index < -0.39 is 0 Å². The minimum Gasteiger partial charge on any atom is -0.404 e. The Balaban J connectivity index is 4.21. The lowest BCUT2D eigenvalue weighted by Gasteiger charge is -2.18. The van der Waals surface area contributed by atoms with Crippen molar-refractivity contribution >= 4 is 5.91 Å². The molecule has 0 aliphatic heterocycles. The van der Waals surface area contributed by atoms with Crippen molar-refractivity contribution in [2.45, 2.75) is 20.8 Å². The van der Waals surface area contributed by atoms with Crippen LogP contribution >= 0.6 is 0 Å². The Bertz CT molecular complexity index is 159. The quantitative estimate of drug-likeness (QED) is 0.612. The largest absolute Gasteiger partial charge is 0.404 e. The van der Waals surface area contributed by atoms with Gasteiger partial charge in [0.25, 0.3) is 5.91 Å². The molecule has 3 heteroatoms. The number of amides is 1. The molecule has 0 saturated carbocycles. The van der Waals surface area contributed by atoms with Crippen molar-refractivity contribution in [3.8, 4) is 0 Å². The van der Waals surface area contributed by atoms with E-state index in [2.05, 4.69) is 0 Å². The molecule has 0 aromatic rings. The lowest BCUT2D eigenvalue weighted by molar-refractivity contribution is -0.126. The summed E-state index contributed by atoms with van der Waals surface area (Å²) in [5.41, 5.74) is 5.82. The fraction of sp³-hybridized carbons (Fsp3) is 0.625. The molecule has 2 N–H and O–H groups in total. The first-order valence-electron chi connectivity index (χ1n) is 3.85. The predicted octanol–water partition coefficient (Wildman–Crippen LogP) is 0.717. The summed E-state index contributed by atoms with van der Waals surface area (Å²) in [5, 5.41) is 0. The van der Waals surface area contributed by atoms with Gasteiger partial charge in [0.15, 0.2) is 0 Å². The maximum absolute atomic E-state index is 11.3. The zero-order valence-electron chi connectivity index (χ0n) is 7.42. The summed E-state index contributed by atoms with van der Waals surface area (Å²) >= 11 is 0. The van der Waals surface area contributed by atoms with Gasteiger partial charge in [-0.05, 0) is 20.8 Å². The number of carbonyl (C=O) groups is 1. The van der Waals surface area contributed by atoms with Crippen molar-refractivity contribution in [2.24, 2.45) is 5.73 Å². The zero-order valence-corrected chi connectivity index (χ0v) is 7.42. The molecular formula is C8H16N2O. The fourth-order valence-corrected chi connectivity index (χ4v) is 0.832. The first-order valence-corrected chi connectivity index (χ1v) is 3.85. The maximum Gasteiger partial charge on any atom is 0.250 e. The zero-order chi connectivity index (χ0) is 8.85. The minimum atomic E-state index is 0.0255. The van der Waals surface area contributed by atoms with E-state index in [1.165, 1.54) is 6.20 Å². The highest BCUT2D eigenvalue weighted by Gasteiger charge is 2.09. The summed E-state index contributed by atoms with van der Waals surface area (Å²) in [6.45, 7) is 7.10. The van der Waals surface area contributed by atoms with Gasteiger partial charge in [-0.25, -0.2) is 0 Å². The third kappa shape index (κ3) is 2.62. The molecule has 0 unspecified atom stereocenters. The predicted molar refractivity (Wildman–Crippen MR) is 45.9 cm³/mol. The Morgan fingerprint density at radius 1 is 1.45 bits per heavy atom. The van der Waals surface area contributed by atoms with Crippen molar-refractivity contribution < 1.29 is 4.79 Å². The van der Waals surface area contributed by atoms with Gasteiger partial charge >= 0.3 is 0 Å². The van der Waals surface area contributed by atoms with E-state index in [9.17, 15) is 4.79 Å². The molecule has 0 fully saturated rings. The summed E-state index contributed by atoms with van der Waals surface area (Å²) in [6, 6.07) is 0. The number of likely N-dealkylation sites (N-methyl/N-ethyl adjacent to an activating group) is 1. The minimum absolute atomic E-state index is 0.0255. The van der Waals surface area contributed by atoms with Crippen LogP contribution in [0.5, 0.6) is 0 Å². The van der Waals surface area contributed by atoms with Crippen LogP contribution in [0.4, 0.5) is 0 Å². The number of hydrogen-bond acceptors (Lipinski definition) is 2. The average molecular weight is 156 g/mol. The SMILES string of the molecule is CCN(CC)C(=O)C(C)=CN. The smallest absolute Gasteiger partial charge is 0.250 e. The molecule has 0 aromatic carbocycles. The molecule has 0 aromatic heterocycles. The highest BCUT2D eigenvalue weighted by molar-refractivity contribution is 5.92. The molecular weight excluding hydrogens is 140 g/mol. The van der Waals surface area contributed by atoms with Crippen LogP contribution in [0.2, 0.25) is 0 Å². The Labute approximate surface area is 67.9 Å². The molecule has 0 heterocycles. The van der Waals surface area contributed by atoms with Gasteiger partial charge < -0.3 is 10.6 Å². The number of rotatable bonds is 3. The van der Waals surface area contributed by atoms with Crippen LogP contribution in [0.25, 0.3) is 0 Å². The molecule has 0 saturated heterocycles. The summed E-state index contributed by atoms with van der Waals surface area (Å²) in [7, 11) is 0. The highest BCUT2D eigenvalue weighted by Crippen LogP contribution is 1.98. The van der Waals surface area contributed by atoms with Crippen molar-refractivity contribution in [1.29, 1.82) is 0 Å². The van der Waals surface area contributed by atoms with Crippen LogP contribution in [0, 0.1) is 0 Å². The van der Waals surface area contributed by atoms with E-state index >= 15 is 0 Å². The molecule has 0 bridgehead atoms. The van der Waals surface area contributed by atoms with Crippen LogP contribution in [0.15, 0.2) is 11.8 Å². The van der Waals surface area contributed by atoms with Gasteiger partial charge in [-0.15, -0.1) is 0 Å². The normalized spacial score (nSPS) is 11.4. The highest BCUT2D eigenvalue weighted by atomic mass is 16.2. The molecule has 64 valence electrons. The van der Waals surface area contributed by atoms with Gasteiger partial charge in [-0.3, -0.25) is 4.79 Å². The molecule has 11 heavy (non-hydrogen) atoms. The molecule has 0 atom stereocenters. The number of carbonyl (C=O) groups excluding carboxylic acids is 1. The van der Waals surface area contributed by atoms with Gasteiger partial charge in [0.05, 0.1) is 0 Å². The standard InChI is InChI=1S/C8H16N2O/c1-4-10(5-2)8(11)7(3)6-9/h6H,4-5,9H2,1-3H3. The second-order valence-corrected chi connectivity index (χ2v) is 2.33. The van der Waals surface area contributed by atoms with Crippen LogP contribution in [0.1, 0.15) is 20.8 Å². The lowest BCUT2D eigenvalue weighted by atomic mass is 10.3. The van der Waals surface area contributed by atoms with E-state index in [4.69, 9.17) is 5.73 Å². The van der Waals surface area contributed by atoms with Crippen molar-refractivity contribution in [1.82, 2.24) is 4.90 Å². The Morgan fingerprint density at radius 2 is 1.91 bits per heavy atom. The summed E-state index contributed by atoms with van der Waals surface area (Å²) in [6.07, 6.45) is 1.35. The van der Waals surface area contributed by atoms with Gasteiger partial charge in [-0.2, -0.15) is 0 Å². The fourth-order valence-electron chi connectivity index (χ4n) is 0.832. The molecule has 3 nitrogen and oxygen atoms in total. The van der Waals surface area contributed by atoms with E-state index in [-0.39, 0.29) is 5.91 Å². The Hall–Kier alpha value is -0.990. The summed E-state index contributed by atoms with van der Waals surface area (Å²) < 4.78 is 0. The van der Waals surface area contributed by atoms with Gasteiger partial charge in [0.1, 0.15) is 0 Å². The monoisotopic (exact) mass is 156 g/mol. The number of nitrogens with two attached hydrogens (primary N) is 1. The second-order valence-electron chi connectivity index (χ2n) is 2.33. The van der Waals surface area contributed by atoms with E-state index in [0.717, 1.165) is 13.1 Å². The number of nitrogens with zero attached hydrogens (tertiary/aromatic N) is 1. The molecule has 0 rings (SSSR count). The molecule has 0 radical (unpaired) electrons. The van der Waals surface area contributed by atoms with Crippen molar-refractivity contribution in [3.63, 3.8) is 0 Å². The Morgan fingerprint density at radius 3 is 2.18 bits per heavy atom. The maximum atomic E-state index is 11.3. The summed E-state index contributed by atoms with van der Waals surface area (Å²) in [4.78, 5) is 13.0. The van der Waals surface area contributed by atoms with Crippen LogP contribution in [-0.4, -0.2) is 23.9 Å².